The molecule has 2 rings (SSSR count). The van der Waals surface area contributed by atoms with Gasteiger partial charge in [-0.2, -0.15) is 8.78 Å². The van der Waals surface area contributed by atoms with Gasteiger partial charge in [0.25, 0.3) is 0 Å². The molecule has 0 aromatic heterocycles. The summed E-state index contributed by atoms with van der Waals surface area (Å²) in [5, 5.41) is 3.18. The lowest BCUT2D eigenvalue weighted by Crippen LogP contribution is -2.57. The van der Waals surface area contributed by atoms with E-state index in [0.29, 0.717) is 13.1 Å². The number of piperazine rings is 1. The van der Waals surface area contributed by atoms with Gasteiger partial charge in [-0.25, -0.2) is 9.18 Å². The van der Waals surface area contributed by atoms with Crippen LogP contribution in [0, 0.1) is 5.82 Å². The zero-order valence-corrected chi connectivity index (χ0v) is 12.9. The minimum atomic E-state index is -3.00. The van der Waals surface area contributed by atoms with Crippen LogP contribution in [0.4, 0.5) is 18.0 Å². The maximum absolute atomic E-state index is 13.7. The van der Waals surface area contributed by atoms with Crippen LogP contribution in [0.25, 0.3) is 0 Å². The molecule has 23 heavy (non-hydrogen) atoms. The number of hydrogen-bond acceptors (Lipinski definition) is 4. The summed E-state index contributed by atoms with van der Waals surface area (Å²) in [6.07, 6.45) is -0.564. The molecular formula is C15H19F3N2O3. The predicted octanol–water partition coefficient (Wildman–Crippen LogP) is 2.75. The Hall–Kier alpha value is -1.96. The Balaban J connectivity index is 2.00. The Morgan fingerprint density at radius 1 is 1.35 bits per heavy atom. The van der Waals surface area contributed by atoms with Crippen molar-refractivity contribution in [3.63, 3.8) is 0 Å². The Labute approximate surface area is 132 Å². The van der Waals surface area contributed by atoms with E-state index < -0.39 is 18.5 Å². The molecule has 1 aromatic carbocycles. The van der Waals surface area contributed by atoms with Gasteiger partial charge in [-0.3, -0.25) is 0 Å². The molecule has 1 fully saturated rings. The zero-order chi connectivity index (χ0) is 17.0. The number of amides is 1. The van der Waals surface area contributed by atoms with Crippen molar-refractivity contribution in [1.29, 1.82) is 0 Å². The summed E-state index contributed by atoms with van der Waals surface area (Å²) in [7, 11) is 0. The fraction of sp³-hybridized carbons (Fsp3) is 0.533. The van der Waals surface area contributed by atoms with Crippen molar-refractivity contribution >= 4 is 6.09 Å². The van der Waals surface area contributed by atoms with Gasteiger partial charge in [0.2, 0.25) is 0 Å². The summed E-state index contributed by atoms with van der Waals surface area (Å²) < 4.78 is 47.4. The van der Waals surface area contributed by atoms with Crippen LogP contribution in [0.15, 0.2) is 18.2 Å². The highest BCUT2D eigenvalue weighted by Gasteiger charge is 2.30. The van der Waals surface area contributed by atoms with E-state index in [1.165, 1.54) is 0 Å². The molecule has 128 valence electrons. The van der Waals surface area contributed by atoms with Gasteiger partial charge in [-0.15, -0.1) is 0 Å². The van der Waals surface area contributed by atoms with E-state index in [9.17, 15) is 18.0 Å². The Morgan fingerprint density at radius 3 is 2.61 bits per heavy atom. The van der Waals surface area contributed by atoms with Crippen molar-refractivity contribution in [1.82, 2.24) is 10.2 Å². The van der Waals surface area contributed by atoms with E-state index in [1.807, 2.05) is 13.8 Å². The molecule has 1 N–H and O–H groups in total. The van der Waals surface area contributed by atoms with Gasteiger partial charge in [0.15, 0.2) is 0 Å². The summed E-state index contributed by atoms with van der Waals surface area (Å²) >= 11 is 0. The fourth-order valence-corrected chi connectivity index (χ4v) is 2.54. The molecule has 0 saturated carbocycles. The lowest BCUT2D eigenvalue weighted by atomic mass is 10.1. The van der Waals surface area contributed by atoms with Crippen LogP contribution < -0.4 is 10.1 Å². The molecule has 1 aliphatic heterocycles. The lowest BCUT2D eigenvalue weighted by molar-refractivity contribution is -0.0500. The van der Waals surface area contributed by atoms with Crippen LogP contribution in [-0.4, -0.2) is 42.8 Å². The standard InChI is InChI=1S/C15H19F3N2O3/c1-9-6-19-7-10(2)20(9)15(21)22-8-11-5-12(23-14(17)18)3-4-13(11)16/h3-5,9-10,14,19H,6-8H2,1-2H3/t9-,10+. The summed E-state index contributed by atoms with van der Waals surface area (Å²) in [4.78, 5) is 13.7. The molecule has 2 atom stereocenters. The number of nitrogens with one attached hydrogen (secondary N) is 1. The smallest absolute Gasteiger partial charge is 0.410 e. The number of halogens is 3. The molecule has 1 aromatic rings. The third-order valence-electron chi connectivity index (χ3n) is 3.63. The second-order valence-corrected chi connectivity index (χ2v) is 5.45. The number of benzene rings is 1. The maximum atomic E-state index is 13.7. The molecule has 1 saturated heterocycles. The van der Waals surface area contributed by atoms with Gasteiger partial charge < -0.3 is 19.7 Å². The minimum Gasteiger partial charge on any atom is -0.444 e. The second kappa shape index (κ2) is 7.54. The molecule has 1 amide bonds. The Kier molecular flexibility index (Phi) is 5.70. The van der Waals surface area contributed by atoms with Crippen LogP contribution in [0.2, 0.25) is 0 Å². The summed E-state index contributed by atoms with van der Waals surface area (Å²) in [5.41, 5.74) is -0.0214. The van der Waals surface area contributed by atoms with Crippen molar-refractivity contribution in [2.75, 3.05) is 13.1 Å². The topological polar surface area (TPSA) is 50.8 Å². The SMILES string of the molecule is C[C@@H]1CNC[C@H](C)N1C(=O)OCc1cc(OC(F)F)ccc1F. The summed E-state index contributed by atoms with van der Waals surface area (Å²) in [6.45, 7) is 1.69. The molecule has 1 heterocycles. The van der Waals surface area contributed by atoms with Crippen LogP contribution in [-0.2, 0) is 11.3 Å². The van der Waals surface area contributed by atoms with Crippen molar-refractivity contribution in [3.8, 4) is 5.75 Å². The van der Waals surface area contributed by atoms with Gasteiger partial charge in [0.1, 0.15) is 18.2 Å². The normalized spacial score (nSPS) is 21.4. The van der Waals surface area contributed by atoms with E-state index in [2.05, 4.69) is 10.1 Å². The largest absolute Gasteiger partial charge is 0.444 e. The quantitative estimate of drug-likeness (QED) is 0.921. The maximum Gasteiger partial charge on any atom is 0.410 e. The lowest BCUT2D eigenvalue weighted by Gasteiger charge is -2.38. The number of alkyl halides is 2. The second-order valence-electron chi connectivity index (χ2n) is 5.45. The van der Waals surface area contributed by atoms with E-state index in [4.69, 9.17) is 4.74 Å². The number of carbonyl (C=O) groups excluding carboxylic acids is 1. The van der Waals surface area contributed by atoms with E-state index in [0.717, 1.165) is 18.2 Å². The van der Waals surface area contributed by atoms with Gasteiger partial charge in [0, 0.05) is 30.7 Å². The third-order valence-corrected chi connectivity index (χ3v) is 3.63. The first-order chi connectivity index (χ1) is 10.9. The van der Waals surface area contributed by atoms with Crippen LogP contribution in [0.5, 0.6) is 5.75 Å². The average molecular weight is 332 g/mol. The van der Waals surface area contributed by atoms with Crippen molar-refractivity contribution in [2.24, 2.45) is 0 Å². The van der Waals surface area contributed by atoms with Gasteiger partial charge in [0.05, 0.1) is 0 Å². The minimum absolute atomic E-state index is 0.0214. The zero-order valence-electron chi connectivity index (χ0n) is 12.9. The van der Waals surface area contributed by atoms with Gasteiger partial charge >= 0.3 is 12.7 Å². The highest BCUT2D eigenvalue weighted by Crippen LogP contribution is 2.20. The van der Waals surface area contributed by atoms with Crippen molar-refractivity contribution < 1.29 is 27.4 Å². The molecule has 0 radical (unpaired) electrons. The molecule has 0 unspecified atom stereocenters. The molecule has 0 spiro atoms. The van der Waals surface area contributed by atoms with E-state index in [-0.39, 0.29) is 30.0 Å². The first kappa shape index (κ1) is 17.4. The number of carbonyl (C=O) groups is 1. The number of nitrogens with zero attached hydrogens (tertiary/aromatic N) is 1. The predicted molar refractivity (Wildman–Crippen MR) is 76.8 cm³/mol. The summed E-state index contributed by atoms with van der Waals surface area (Å²) in [6, 6.07) is 3.08. The van der Waals surface area contributed by atoms with Crippen LogP contribution >= 0.6 is 0 Å². The first-order valence-corrected chi connectivity index (χ1v) is 7.27. The molecule has 8 heteroatoms. The number of hydrogen-bond donors (Lipinski definition) is 1. The third kappa shape index (κ3) is 4.51. The van der Waals surface area contributed by atoms with Gasteiger partial charge in [-0.1, -0.05) is 0 Å². The van der Waals surface area contributed by atoms with E-state index >= 15 is 0 Å². The number of rotatable bonds is 4. The summed E-state index contributed by atoms with van der Waals surface area (Å²) in [5.74, 6) is -0.836. The molecule has 5 nitrogen and oxygen atoms in total. The average Bonchev–Trinajstić information content (AvgIpc) is 2.47. The molecule has 0 aliphatic carbocycles. The Bertz CT molecular complexity index is 547. The van der Waals surface area contributed by atoms with E-state index in [1.54, 1.807) is 4.90 Å². The fourth-order valence-electron chi connectivity index (χ4n) is 2.54. The molecule has 1 aliphatic rings. The van der Waals surface area contributed by atoms with Crippen LogP contribution in [0.1, 0.15) is 19.4 Å². The molecule has 0 bridgehead atoms. The Morgan fingerprint density at radius 2 is 2.00 bits per heavy atom. The van der Waals surface area contributed by atoms with Crippen molar-refractivity contribution in [3.05, 3.63) is 29.6 Å². The van der Waals surface area contributed by atoms with Gasteiger partial charge in [-0.05, 0) is 32.0 Å². The van der Waals surface area contributed by atoms with Crippen molar-refractivity contribution in [2.45, 2.75) is 39.1 Å². The molecular weight excluding hydrogens is 313 g/mol. The monoisotopic (exact) mass is 332 g/mol. The number of ether oxygens (including phenoxy) is 2. The van der Waals surface area contributed by atoms with Crippen LogP contribution in [0.3, 0.4) is 0 Å². The highest BCUT2D eigenvalue weighted by molar-refractivity contribution is 5.68. The highest BCUT2D eigenvalue weighted by atomic mass is 19.3. The first-order valence-electron chi connectivity index (χ1n) is 7.27.